The van der Waals surface area contributed by atoms with E-state index in [0.717, 1.165) is 24.2 Å². The lowest BCUT2D eigenvalue weighted by Crippen LogP contribution is -2.41. The van der Waals surface area contributed by atoms with E-state index in [2.05, 4.69) is 35.4 Å². The van der Waals surface area contributed by atoms with Crippen molar-refractivity contribution in [3.05, 3.63) is 89.5 Å². The molecule has 5 nitrogen and oxygen atoms in total. The molecule has 0 saturated carbocycles. The molecule has 1 amide bonds. The van der Waals surface area contributed by atoms with Crippen LogP contribution in [-0.2, 0) is 30.7 Å². The third-order valence-electron chi connectivity index (χ3n) is 4.61. The molecule has 2 aromatic carbocycles. The van der Waals surface area contributed by atoms with Crippen LogP contribution in [0.2, 0.25) is 0 Å². The quantitative estimate of drug-likeness (QED) is 0.647. The Morgan fingerprint density at radius 2 is 1.81 bits per heavy atom. The maximum Gasteiger partial charge on any atom is 0.237 e. The van der Waals surface area contributed by atoms with Crippen LogP contribution >= 0.6 is 0 Å². The summed E-state index contributed by atoms with van der Waals surface area (Å²) in [7, 11) is 0. The summed E-state index contributed by atoms with van der Waals surface area (Å²) in [6.45, 7) is 3.36. The summed E-state index contributed by atoms with van der Waals surface area (Å²) >= 11 is 0. The summed E-state index contributed by atoms with van der Waals surface area (Å²) in [6, 6.07) is 17.7. The number of carbonyl (C=O) groups is 1. The van der Waals surface area contributed by atoms with Gasteiger partial charge in [-0.15, -0.1) is 0 Å². The first kappa shape index (κ1) is 18.9. The van der Waals surface area contributed by atoms with Gasteiger partial charge in [-0.1, -0.05) is 61.5 Å². The molecule has 0 radical (unpaired) electrons. The van der Waals surface area contributed by atoms with Gasteiger partial charge in [0.2, 0.25) is 5.91 Å². The molecule has 0 saturated heterocycles. The summed E-state index contributed by atoms with van der Waals surface area (Å²) in [4.78, 5) is 16.7. The number of hydrogen-bond donors (Lipinski definition) is 2. The lowest BCUT2D eigenvalue weighted by atomic mass is 10.1. The van der Waals surface area contributed by atoms with Crippen molar-refractivity contribution in [3.63, 3.8) is 0 Å². The minimum absolute atomic E-state index is 0.154. The highest BCUT2D eigenvalue weighted by Crippen LogP contribution is 2.09. The predicted molar refractivity (Wildman–Crippen MR) is 107 cm³/mol. The van der Waals surface area contributed by atoms with Crippen molar-refractivity contribution < 1.29 is 4.79 Å². The van der Waals surface area contributed by atoms with Crippen LogP contribution in [0.25, 0.3) is 0 Å². The molecule has 3 rings (SSSR count). The molecule has 27 heavy (non-hydrogen) atoms. The Morgan fingerprint density at radius 3 is 2.56 bits per heavy atom. The van der Waals surface area contributed by atoms with Crippen molar-refractivity contribution in [3.8, 4) is 0 Å². The van der Waals surface area contributed by atoms with Gasteiger partial charge in [0.05, 0.1) is 18.1 Å². The number of benzene rings is 2. The van der Waals surface area contributed by atoms with E-state index in [1.807, 2.05) is 47.2 Å². The van der Waals surface area contributed by atoms with E-state index in [1.54, 1.807) is 6.33 Å². The van der Waals surface area contributed by atoms with Crippen LogP contribution in [0.4, 0.5) is 0 Å². The maximum absolute atomic E-state index is 12.3. The number of hydrogen-bond acceptors (Lipinski definition) is 3. The van der Waals surface area contributed by atoms with Crippen LogP contribution in [-0.4, -0.2) is 21.5 Å². The molecule has 1 aromatic heterocycles. The molecule has 140 valence electrons. The van der Waals surface area contributed by atoms with E-state index in [9.17, 15) is 4.79 Å². The normalized spacial score (nSPS) is 11.9. The Morgan fingerprint density at radius 1 is 1.11 bits per heavy atom. The predicted octanol–water partition coefficient (Wildman–Crippen LogP) is 2.68. The van der Waals surface area contributed by atoms with Crippen LogP contribution in [0.1, 0.15) is 29.3 Å². The highest BCUT2D eigenvalue weighted by molar-refractivity contribution is 5.81. The largest absolute Gasteiger partial charge is 0.351 e. The molecule has 0 aliphatic rings. The van der Waals surface area contributed by atoms with E-state index in [1.165, 1.54) is 11.1 Å². The molecule has 0 fully saturated rings. The topological polar surface area (TPSA) is 72.9 Å². The number of nitrogens with one attached hydrogen (secondary N) is 1. The molecule has 3 N–H and O–H groups in total. The molecule has 0 spiro atoms. The molecule has 0 bridgehead atoms. The fourth-order valence-corrected chi connectivity index (χ4v) is 3.10. The Balaban J connectivity index is 1.52. The highest BCUT2D eigenvalue weighted by atomic mass is 16.2. The van der Waals surface area contributed by atoms with Crippen molar-refractivity contribution in [2.75, 3.05) is 0 Å². The Hall–Kier alpha value is -2.92. The SMILES string of the molecule is CCc1ccccc1CNC(=O)[C@@H](N)Cc1cn(Cc2ccccc2)cn1. The summed E-state index contributed by atoms with van der Waals surface area (Å²) in [5, 5.41) is 2.94. The maximum atomic E-state index is 12.3. The Kier molecular flexibility index (Phi) is 6.39. The van der Waals surface area contributed by atoms with Crippen LogP contribution in [0.3, 0.4) is 0 Å². The third-order valence-corrected chi connectivity index (χ3v) is 4.61. The van der Waals surface area contributed by atoms with Crippen molar-refractivity contribution in [1.29, 1.82) is 0 Å². The van der Waals surface area contributed by atoms with Gasteiger partial charge in [-0.3, -0.25) is 4.79 Å². The van der Waals surface area contributed by atoms with Crippen molar-refractivity contribution in [1.82, 2.24) is 14.9 Å². The van der Waals surface area contributed by atoms with Gasteiger partial charge in [-0.25, -0.2) is 4.98 Å². The molecule has 0 unspecified atom stereocenters. The van der Waals surface area contributed by atoms with Gasteiger partial charge < -0.3 is 15.6 Å². The lowest BCUT2D eigenvalue weighted by Gasteiger charge is -2.13. The average Bonchev–Trinajstić information content (AvgIpc) is 3.13. The van der Waals surface area contributed by atoms with Crippen molar-refractivity contribution >= 4 is 5.91 Å². The monoisotopic (exact) mass is 362 g/mol. The van der Waals surface area contributed by atoms with Crippen LogP contribution in [0.15, 0.2) is 67.1 Å². The van der Waals surface area contributed by atoms with Crippen LogP contribution < -0.4 is 11.1 Å². The molecule has 1 atom stereocenters. The zero-order chi connectivity index (χ0) is 19.1. The van der Waals surface area contributed by atoms with E-state index in [-0.39, 0.29) is 5.91 Å². The van der Waals surface area contributed by atoms with Crippen molar-refractivity contribution in [2.24, 2.45) is 5.73 Å². The van der Waals surface area contributed by atoms with Gasteiger partial charge in [0, 0.05) is 25.7 Å². The molecule has 1 heterocycles. The first-order chi connectivity index (χ1) is 13.2. The summed E-state index contributed by atoms with van der Waals surface area (Å²) < 4.78 is 2.01. The van der Waals surface area contributed by atoms with Crippen LogP contribution in [0, 0.1) is 0 Å². The number of aryl methyl sites for hydroxylation is 1. The number of nitrogens with two attached hydrogens (primary N) is 1. The first-order valence-corrected chi connectivity index (χ1v) is 9.30. The number of rotatable bonds is 8. The van der Waals surface area contributed by atoms with Gasteiger partial charge in [-0.05, 0) is 23.1 Å². The van der Waals surface area contributed by atoms with Gasteiger partial charge in [0.1, 0.15) is 0 Å². The van der Waals surface area contributed by atoms with E-state index in [0.29, 0.717) is 13.0 Å². The van der Waals surface area contributed by atoms with E-state index < -0.39 is 6.04 Å². The molecule has 0 aliphatic heterocycles. The van der Waals surface area contributed by atoms with Gasteiger partial charge in [-0.2, -0.15) is 0 Å². The molecular weight excluding hydrogens is 336 g/mol. The average molecular weight is 362 g/mol. The Bertz CT molecular complexity index is 873. The zero-order valence-corrected chi connectivity index (χ0v) is 15.6. The summed E-state index contributed by atoms with van der Waals surface area (Å²) in [5.41, 5.74) is 10.5. The molecule has 0 aliphatic carbocycles. The smallest absolute Gasteiger partial charge is 0.237 e. The minimum atomic E-state index is -0.612. The van der Waals surface area contributed by atoms with Gasteiger partial charge >= 0.3 is 0 Å². The molecule has 3 aromatic rings. The minimum Gasteiger partial charge on any atom is -0.351 e. The van der Waals surface area contributed by atoms with Gasteiger partial charge in [0.25, 0.3) is 0 Å². The Labute approximate surface area is 160 Å². The second-order valence-corrected chi connectivity index (χ2v) is 6.67. The van der Waals surface area contributed by atoms with Crippen molar-refractivity contribution in [2.45, 2.75) is 38.9 Å². The third kappa shape index (κ3) is 5.28. The fourth-order valence-electron chi connectivity index (χ4n) is 3.10. The summed E-state index contributed by atoms with van der Waals surface area (Å²) in [6.07, 6.45) is 5.09. The zero-order valence-electron chi connectivity index (χ0n) is 15.6. The first-order valence-electron chi connectivity index (χ1n) is 9.30. The number of carbonyl (C=O) groups excluding carboxylic acids is 1. The van der Waals surface area contributed by atoms with Gasteiger partial charge in [0.15, 0.2) is 0 Å². The lowest BCUT2D eigenvalue weighted by molar-refractivity contribution is -0.122. The fraction of sp³-hybridized carbons (Fsp3) is 0.273. The summed E-state index contributed by atoms with van der Waals surface area (Å²) in [5.74, 6) is -0.154. The second-order valence-electron chi connectivity index (χ2n) is 6.67. The highest BCUT2D eigenvalue weighted by Gasteiger charge is 2.15. The standard InChI is InChI=1S/C22H26N4O/c1-2-18-10-6-7-11-19(18)13-24-22(27)21(23)12-20-15-26(16-25-20)14-17-8-4-3-5-9-17/h3-11,15-16,21H,2,12-14,23H2,1H3,(H,24,27)/t21-/m0/s1. The van der Waals surface area contributed by atoms with E-state index >= 15 is 0 Å². The molecule has 5 heteroatoms. The number of nitrogens with zero attached hydrogens (tertiary/aromatic N) is 2. The number of amides is 1. The van der Waals surface area contributed by atoms with Crippen LogP contribution in [0.5, 0.6) is 0 Å². The van der Waals surface area contributed by atoms with E-state index in [4.69, 9.17) is 5.73 Å². The molecular formula is C22H26N4O. The number of aromatic nitrogens is 2. The second kappa shape index (κ2) is 9.14. The number of imidazole rings is 1.